The van der Waals surface area contributed by atoms with Crippen molar-refractivity contribution in [1.29, 1.82) is 0 Å². The van der Waals surface area contributed by atoms with Gasteiger partial charge in [-0.1, -0.05) is 197 Å². The Morgan fingerprint density at radius 2 is 0.373 bits per heavy atom. The molecule has 0 amide bonds. The van der Waals surface area contributed by atoms with E-state index in [0.29, 0.717) is 99.1 Å². The second-order valence-electron chi connectivity index (χ2n) is 29.9. The molecule has 1 aliphatic heterocycles. The van der Waals surface area contributed by atoms with E-state index >= 15 is 0 Å². The molecule has 4 N–H and O–H groups in total. The van der Waals surface area contributed by atoms with Crippen LogP contribution < -0.4 is 9.47 Å². The molecular weight excluding hydrogens is 1030 g/mol. The van der Waals surface area contributed by atoms with Gasteiger partial charge in [-0.2, -0.15) is 0 Å². The minimum atomic E-state index is -0.300. The maximum Gasteiger partial charge on any atom is 0.126 e. The third-order valence-electron chi connectivity index (χ3n) is 16.7. The van der Waals surface area contributed by atoms with Crippen LogP contribution >= 0.6 is 0 Å². The second-order valence-corrected chi connectivity index (χ2v) is 29.9. The van der Waals surface area contributed by atoms with E-state index in [1.165, 1.54) is 0 Å². The first-order valence-electron chi connectivity index (χ1n) is 30.3. The number of benzene rings is 6. The highest BCUT2D eigenvalue weighted by Crippen LogP contribution is 2.45. The van der Waals surface area contributed by atoms with Crippen LogP contribution in [0.2, 0.25) is 0 Å². The van der Waals surface area contributed by atoms with Crippen LogP contribution in [0, 0.1) is 0 Å². The van der Waals surface area contributed by atoms with Gasteiger partial charge >= 0.3 is 0 Å². The molecule has 0 atom stereocenters. The van der Waals surface area contributed by atoms with E-state index in [4.69, 9.17) is 23.7 Å². The standard InChI is InChI=1S/C74H98O9/c1-69(2,3)57-33-45-27-47-35-58(70(4,5)6)37-49(64(47)76)29-53-41-61(73(13,14)15)43-55-31-51-39-60(72(10,11)12)40-52(66(51)78)32-56-44-62(74(16,17)18)42-54(68(56)83-26-24-81-22-20-79-19-21-80-23-25-82-67(53)55)30-50-38-59(71(7,8)9)36-48(65(50)77)28-46(34-57)63(45)75/h33-44,75-78H,19-32H2,1-18H3. The lowest BCUT2D eigenvalue weighted by atomic mass is 9.79. The first kappa shape index (κ1) is 63.0. The van der Waals surface area contributed by atoms with Crippen LogP contribution in [-0.2, 0) is 85.2 Å². The van der Waals surface area contributed by atoms with Crippen molar-refractivity contribution in [3.63, 3.8) is 0 Å². The second kappa shape index (κ2) is 24.2. The molecule has 0 spiro atoms. The molecular formula is C74H98O9. The summed E-state index contributed by atoms with van der Waals surface area (Å²) in [7, 11) is 0. The number of fused-ring (bicyclic) bond motifs is 6. The fourth-order valence-electron chi connectivity index (χ4n) is 11.3. The molecule has 0 saturated carbocycles. The Labute approximate surface area is 497 Å². The van der Waals surface area contributed by atoms with Crippen molar-refractivity contribution in [3.05, 3.63) is 173 Å². The molecule has 1 heterocycles. The number of phenols is 4. The molecule has 1 aliphatic carbocycles. The zero-order valence-corrected chi connectivity index (χ0v) is 53.7. The van der Waals surface area contributed by atoms with E-state index < -0.39 is 0 Å². The molecule has 0 fully saturated rings. The molecule has 6 aromatic rings. The fourth-order valence-corrected chi connectivity index (χ4v) is 11.3. The molecule has 9 nitrogen and oxygen atoms in total. The van der Waals surface area contributed by atoms with Crippen LogP contribution in [0.1, 0.15) is 225 Å². The van der Waals surface area contributed by atoms with Crippen molar-refractivity contribution in [2.24, 2.45) is 0 Å². The minimum Gasteiger partial charge on any atom is -0.507 e. The summed E-state index contributed by atoms with van der Waals surface area (Å²) < 4.78 is 32.2. The Balaban J connectivity index is 1.50. The van der Waals surface area contributed by atoms with Gasteiger partial charge in [-0.25, -0.2) is 0 Å². The van der Waals surface area contributed by atoms with Crippen LogP contribution in [0.5, 0.6) is 34.5 Å². The summed E-state index contributed by atoms with van der Waals surface area (Å²) in [4.78, 5) is 0. The van der Waals surface area contributed by atoms with Gasteiger partial charge in [-0.05, 0) is 133 Å². The summed E-state index contributed by atoms with van der Waals surface area (Å²) in [5, 5.41) is 51.5. The Morgan fingerprint density at radius 3 is 0.542 bits per heavy atom. The number of hydrogen-bond donors (Lipinski definition) is 4. The largest absolute Gasteiger partial charge is 0.507 e. The van der Waals surface area contributed by atoms with Gasteiger partial charge in [0.2, 0.25) is 0 Å². The lowest BCUT2D eigenvalue weighted by Crippen LogP contribution is -2.18. The predicted octanol–water partition coefficient (Wildman–Crippen LogP) is 16.0. The van der Waals surface area contributed by atoms with Crippen LogP contribution in [0.25, 0.3) is 0 Å². The van der Waals surface area contributed by atoms with E-state index in [9.17, 15) is 20.4 Å². The zero-order chi connectivity index (χ0) is 60.8. The van der Waals surface area contributed by atoms with Gasteiger partial charge < -0.3 is 44.1 Å². The van der Waals surface area contributed by atoms with E-state index in [-0.39, 0.29) is 81.5 Å². The molecule has 0 aromatic heterocycles. The van der Waals surface area contributed by atoms with E-state index in [2.05, 4.69) is 197 Å². The maximum absolute atomic E-state index is 13.0. The van der Waals surface area contributed by atoms with Gasteiger partial charge in [0.1, 0.15) is 47.7 Å². The summed E-state index contributed by atoms with van der Waals surface area (Å²) in [6.07, 6.45) is 1.90. The summed E-state index contributed by atoms with van der Waals surface area (Å²) in [5.74, 6) is 2.07. The molecule has 0 radical (unpaired) electrons. The van der Waals surface area contributed by atoms with Crippen molar-refractivity contribution in [2.75, 3.05) is 52.9 Å². The normalized spacial score (nSPS) is 15.9. The predicted molar refractivity (Wildman–Crippen MR) is 338 cm³/mol. The third kappa shape index (κ3) is 15.1. The highest BCUT2D eigenvalue weighted by molar-refractivity contribution is 5.61. The first-order chi connectivity index (χ1) is 38.6. The molecule has 6 aromatic carbocycles. The number of rotatable bonds is 0. The maximum atomic E-state index is 13.0. The van der Waals surface area contributed by atoms with Gasteiger partial charge in [0, 0.05) is 38.5 Å². The highest BCUT2D eigenvalue weighted by atomic mass is 16.6. The summed E-state index contributed by atoms with van der Waals surface area (Å²) in [6, 6.07) is 25.9. The number of hydrogen-bond acceptors (Lipinski definition) is 9. The summed E-state index contributed by atoms with van der Waals surface area (Å²) >= 11 is 0. The van der Waals surface area contributed by atoms with Crippen molar-refractivity contribution in [2.45, 2.75) is 196 Å². The molecule has 14 bridgehead atoms. The smallest absolute Gasteiger partial charge is 0.126 e. The molecule has 448 valence electrons. The van der Waals surface area contributed by atoms with Gasteiger partial charge in [0.25, 0.3) is 0 Å². The Bertz CT molecular complexity index is 3120. The molecule has 0 unspecified atom stereocenters. The minimum absolute atomic E-state index is 0.143. The van der Waals surface area contributed by atoms with E-state index in [1.807, 2.05) is 0 Å². The average Bonchev–Trinajstić information content (AvgIpc) is 3.08. The monoisotopic (exact) mass is 1130 g/mol. The molecule has 8 rings (SSSR count). The van der Waals surface area contributed by atoms with Crippen molar-refractivity contribution >= 4 is 0 Å². The fraction of sp³-hybridized carbons (Fsp3) is 0.514. The Kier molecular flexibility index (Phi) is 18.4. The van der Waals surface area contributed by atoms with Crippen LogP contribution in [0.3, 0.4) is 0 Å². The SMILES string of the molecule is CC(C)(C)c1cc2c(O)c(c1)Cc1cc(C(C)(C)C)cc(c1O)Cc1cc(C(C)(C)C)cc3c1OCCOCCOCCOCCOc1c(cc(C(C)(C)C)cc1Cc1cc(C(C)(C)C)cc(c1O)C3)Cc1cc(C(C)(C)C)cc(c1O)C2. The van der Waals surface area contributed by atoms with Crippen LogP contribution in [0.4, 0.5) is 0 Å². The zero-order valence-electron chi connectivity index (χ0n) is 53.7. The van der Waals surface area contributed by atoms with Gasteiger partial charge in [0.15, 0.2) is 0 Å². The molecule has 2 aliphatic rings. The lowest BCUT2D eigenvalue weighted by Gasteiger charge is -2.28. The molecule has 83 heavy (non-hydrogen) atoms. The summed E-state index contributed by atoms with van der Waals surface area (Å²) in [5.41, 5.74) is 14.2. The van der Waals surface area contributed by atoms with Gasteiger partial charge in [-0.3, -0.25) is 0 Å². The van der Waals surface area contributed by atoms with Crippen LogP contribution in [0.15, 0.2) is 72.8 Å². The van der Waals surface area contributed by atoms with Crippen molar-refractivity contribution in [1.82, 2.24) is 0 Å². The number of phenolic OH excluding ortho intramolecular Hbond substituents is 4. The van der Waals surface area contributed by atoms with Crippen LogP contribution in [-0.4, -0.2) is 73.3 Å². The number of ether oxygens (including phenoxy) is 5. The van der Waals surface area contributed by atoms with Crippen molar-refractivity contribution < 1.29 is 44.1 Å². The summed E-state index contributed by atoms with van der Waals surface area (Å²) in [6.45, 7) is 42.3. The third-order valence-corrected chi connectivity index (χ3v) is 16.7. The highest BCUT2D eigenvalue weighted by Gasteiger charge is 2.30. The molecule has 0 saturated heterocycles. The topological polar surface area (TPSA) is 127 Å². The Hall–Kier alpha value is -6.00. The number of aromatic hydroxyl groups is 4. The Morgan fingerprint density at radius 1 is 0.229 bits per heavy atom. The van der Waals surface area contributed by atoms with Gasteiger partial charge in [0.05, 0.1) is 39.6 Å². The first-order valence-corrected chi connectivity index (χ1v) is 30.3. The quantitative estimate of drug-likeness (QED) is 0.117. The van der Waals surface area contributed by atoms with E-state index in [0.717, 1.165) is 77.9 Å². The van der Waals surface area contributed by atoms with E-state index in [1.54, 1.807) is 0 Å². The molecule has 9 heteroatoms. The lowest BCUT2D eigenvalue weighted by molar-refractivity contribution is 0.00484. The van der Waals surface area contributed by atoms with Gasteiger partial charge in [-0.15, -0.1) is 0 Å². The van der Waals surface area contributed by atoms with Crippen molar-refractivity contribution in [3.8, 4) is 34.5 Å². The average molecular weight is 1130 g/mol.